The molecule has 1 fully saturated rings. The van der Waals surface area contributed by atoms with Gasteiger partial charge in [0, 0.05) is 50.0 Å². The van der Waals surface area contributed by atoms with Crippen LogP contribution in [0.1, 0.15) is 44.7 Å². The minimum absolute atomic E-state index is 0.0240. The van der Waals surface area contributed by atoms with Crippen LogP contribution in [0.4, 0.5) is 0 Å². The molecule has 0 bridgehead atoms. The van der Waals surface area contributed by atoms with Gasteiger partial charge in [0.25, 0.3) is 5.56 Å². The molecule has 0 spiro atoms. The smallest absolute Gasteiger partial charge is 0.326 e. The number of pyridine rings is 1. The summed E-state index contributed by atoms with van der Waals surface area (Å²) in [7, 11) is 1.76. The first-order valence-corrected chi connectivity index (χ1v) is 13.0. The standard InChI is InChI=1S/C28H38N4O5/c1-17(2)37-28(35)25(19(4)33)29-13-20-8-9-24-23(12-20)30-26(22-11-18(3)27(34)31(5)15-22)32(24)14-21-7-6-10-36-16-21/h8-9,11-12,15,17,19,21,25,29,33H,6-7,10,13-14,16H2,1-5H3/t19-,21+,25+/m1/s1. The molecule has 3 atom stereocenters. The van der Waals surface area contributed by atoms with Crippen molar-refractivity contribution in [3.05, 3.63) is 51.9 Å². The van der Waals surface area contributed by atoms with Crippen molar-refractivity contribution in [1.29, 1.82) is 0 Å². The summed E-state index contributed by atoms with van der Waals surface area (Å²) in [6.07, 6.45) is 2.82. The zero-order chi connectivity index (χ0) is 26.7. The molecule has 0 radical (unpaired) electrons. The average Bonchev–Trinajstić information content (AvgIpc) is 3.19. The Morgan fingerprint density at radius 1 is 1.30 bits per heavy atom. The summed E-state index contributed by atoms with van der Waals surface area (Å²) < 4.78 is 14.8. The van der Waals surface area contributed by atoms with Gasteiger partial charge in [-0.15, -0.1) is 0 Å². The monoisotopic (exact) mass is 510 g/mol. The summed E-state index contributed by atoms with van der Waals surface area (Å²) >= 11 is 0. The van der Waals surface area contributed by atoms with E-state index in [-0.39, 0.29) is 11.7 Å². The molecule has 2 aromatic heterocycles. The zero-order valence-corrected chi connectivity index (χ0v) is 22.4. The molecule has 200 valence electrons. The number of fused-ring (bicyclic) bond motifs is 1. The number of carbonyl (C=O) groups excluding carboxylic acids is 1. The predicted octanol–water partition coefficient (Wildman–Crippen LogP) is 2.93. The lowest BCUT2D eigenvalue weighted by Crippen LogP contribution is -2.46. The summed E-state index contributed by atoms with van der Waals surface area (Å²) in [5, 5.41) is 13.2. The number of rotatable bonds is 9. The number of aliphatic hydroxyl groups is 1. The second-order valence-corrected chi connectivity index (χ2v) is 10.4. The molecule has 0 saturated carbocycles. The van der Waals surface area contributed by atoms with Gasteiger partial charge >= 0.3 is 5.97 Å². The van der Waals surface area contributed by atoms with Gasteiger partial charge in [-0.3, -0.25) is 14.9 Å². The fourth-order valence-corrected chi connectivity index (χ4v) is 4.88. The molecule has 1 saturated heterocycles. The van der Waals surface area contributed by atoms with E-state index in [2.05, 4.69) is 9.88 Å². The van der Waals surface area contributed by atoms with Gasteiger partial charge in [0.2, 0.25) is 0 Å². The van der Waals surface area contributed by atoms with Crippen LogP contribution in [0.3, 0.4) is 0 Å². The number of benzene rings is 1. The van der Waals surface area contributed by atoms with E-state index in [1.54, 1.807) is 32.4 Å². The Kier molecular flexibility index (Phi) is 8.46. The molecule has 0 aliphatic carbocycles. The van der Waals surface area contributed by atoms with E-state index >= 15 is 0 Å². The third-order valence-corrected chi connectivity index (χ3v) is 6.74. The Morgan fingerprint density at radius 2 is 2.08 bits per heavy atom. The minimum atomic E-state index is -0.897. The van der Waals surface area contributed by atoms with E-state index in [1.165, 1.54) is 0 Å². The maximum absolute atomic E-state index is 12.4. The number of ether oxygens (including phenoxy) is 2. The predicted molar refractivity (Wildman–Crippen MR) is 142 cm³/mol. The van der Waals surface area contributed by atoms with Gasteiger partial charge in [0.1, 0.15) is 11.9 Å². The third-order valence-electron chi connectivity index (χ3n) is 6.74. The Bertz CT molecular complexity index is 1280. The summed E-state index contributed by atoms with van der Waals surface area (Å²) in [6, 6.07) is 7.12. The normalized spacial score (nSPS) is 17.8. The molecular formula is C28H38N4O5. The van der Waals surface area contributed by atoms with Crippen molar-refractivity contribution in [2.75, 3.05) is 13.2 Å². The first-order valence-electron chi connectivity index (χ1n) is 13.0. The number of esters is 1. The molecule has 3 aromatic rings. The van der Waals surface area contributed by atoms with Crippen molar-refractivity contribution >= 4 is 17.0 Å². The number of imidazole rings is 1. The molecule has 1 aliphatic heterocycles. The molecule has 0 unspecified atom stereocenters. The number of aromatic nitrogens is 3. The molecule has 0 amide bonds. The number of nitrogens with one attached hydrogen (secondary N) is 1. The largest absolute Gasteiger partial charge is 0.462 e. The van der Waals surface area contributed by atoms with Crippen LogP contribution in [-0.2, 0) is 34.4 Å². The van der Waals surface area contributed by atoms with Crippen LogP contribution in [0, 0.1) is 12.8 Å². The number of nitrogens with zero attached hydrogens (tertiary/aromatic N) is 3. The lowest BCUT2D eigenvalue weighted by molar-refractivity contribution is -0.152. The van der Waals surface area contributed by atoms with Gasteiger partial charge in [0.05, 0.1) is 29.8 Å². The molecule has 37 heavy (non-hydrogen) atoms. The Morgan fingerprint density at radius 3 is 2.73 bits per heavy atom. The average molecular weight is 511 g/mol. The highest BCUT2D eigenvalue weighted by Gasteiger charge is 2.26. The van der Waals surface area contributed by atoms with Gasteiger partial charge in [-0.05, 0) is 64.3 Å². The summed E-state index contributed by atoms with van der Waals surface area (Å²) in [5.41, 5.74) is 4.30. The number of aliphatic hydroxyl groups excluding tert-OH is 1. The highest BCUT2D eigenvalue weighted by Crippen LogP contribution is 2.28. The highest BCUT2D eigenvalue weighted by atomic mass is 16.5. The van der Waals surface area contributed by atoms with Gasteiger partial charge in [-0.2, -0.15) is 0 Å². The maximum Gasteiger partial charge on any atom is 0.326 e. The molecule has 9 heteroatoms. The van der Waals surface area contributed by atoms with Crippen molar-refractivity contribution in [1.82, 2.24) is 19.4 Å². The third kappa shape index (κ3) is 6.29. The van der Waals surface area contributed by atoms with Crippen molar-refractivity contribution in [2.45, 2.75) is 71.9 Å². The van der Waals surface area contributed by atoms with Crippen molar-refractivity contribution < 1.29 is 19.4 Å². The topological polar surface area (TPSA) is 108 Å². The second kappa shape index (κ2) is 11.6. The number of hydrogen-bond acceptors (Lipinski definition) is 7. The molecule has 1 aromatic carbocycles. The van der Waals surface area contributed by atoms with Gasteiger partial charge in [-0.25, -0.2) is 4.98 Å². The van der Waals surface area contributed by atoms with Gasteiger partial charge < -0.3 is 23.7 Å². The maximum atomic E-state index is 12.4. The fraction of sp³-hybridized carbons (Fsp3) is 0.536. The van der Waals surface area contributed by atoms with Crippen LogP contribution in [0.5, 0.6) is 0 Å². The van der Waals surface area contributed by atoms with Crippen LogP contribution in [0.2, 0.25) is 0 Å². The van der Waals surface area contributed by atoms with Crippen LogP contribution in [0.25, 0.3) is 22.4 Å². The SMILES string of the molecule is Cc1cc(-c2nc3cc(CN[C@H](C(=O)OC(C)C)[C@@H](C)O)ccc3n2C[C@@H]2CCCOC2)cn(C)c1=O. The van der Waals surface area contributed by atoms with E-state index in [0.717, 1.165) is 60.6 Å². The Balaban J connectivity index is 1.67. The van der Waals surface area contributed by atoms with E-state index in [0.29, 0.717) is 18.0 Å². The zero-order valence-electron chi connectivity index (χ0n) is 22.4. The van der Waals surface area contributed by atoms with Crippen molar-refractivity contribution in [3.63, 3.8) is 0 Å². The van der Waals surface area contributed by atoms with Crippen molar-refractivity contribution in [3.8, 4) is 11.4 Å². The lowest BCUT2D eigenvalue weighted by Gasteiger charge is -2.23. The van der Waals surface area contributed by atoms with E-state index in [1.807, 2.05) is 37.4 Å². The van der Waals surface area contributed by atoms with E-state index in [4.69, 9.17) is 14.5 Å². The number of aryl methyl sites for hydroxylation is 2. The first kappa shape index (κ1) is 27.0. The lowest BCUT2D eigenvalue weighted by atomic mass is 10.0. The quantitative estimate of drug-likeness (QED) is 0.426. The highest BCUT2D eigenvalue weighted by molar-refractivity contribution is 5.81. The van der Waals surface area contributed by atoms with Gasteiger partial charge in [0.15, 0.2) is 0 Å². The Labute approximate surface area is 217 Å². The van der Waals surface area contributed by atoms with Crippen LogP contribution < -0.4 is 10.9 Å². The number of hydrogen-bond donors (Lipinski definition) is 2. The van der Waals surface area contributed by atoms with Gasteiger partial charge in [-0.1, -0.05) is 6.07 Å². The molecule has 9 nitrogen and oxygen atoms in total. The molecule has 3 heterocycles. The summed E-state index contributed by atoms with van der Waals surface area (Å²) in [4.78, 5) is 29.7. The second-order valence-electron chi connectivity index (χ2n) is 10.4. The first-order chi connectivity index (χ1) is 17.6. The molecule has 2 N–H and O–H groups in total. The van der Waals surface area contributed by atoms with Crippen LogP contribution in [-0.4, -0.2) is 56.7 Å². The Hall–Kier alpha value is -3.01. The fourth-order valence-electron chi connectivity index (χ4n) is 4.88. The van der Waals surface area contributed by atoms with E-state index in [9.17, 15) is 14.7 Å². The van der Waals surface area contributed by atoms with Crippen LogP contribution >= 0.6 is 0 Å². The van der Waals surface area contributed by atoms with Crippen molar-refractivity contribution in [2.24, 2.45) is 13.0 Å². The summed E-state index contributed by atoms with van der Waals surface area (Å²) in [6.45, 7) is 9.63. The summed E-state index contributed by atoms with van der Waals surface area (Å²) in [5.74, 6) is 0.725. The van der Waals surface area contributed by atoms with Crippen LogP contribution in [0.15, 0.2) is 35.3 Å². The molecule has 1 aliphatic rings. The molecular weight excluding hydrogens is 472 g/mol. The minimum Gasteiger partial charge on any atom is -0.462 e. The molecule has 4 rings (SSSR count). The van der Waals surface area contributed by atoms with E-state index < -0.39 is 18.1 Å². The number of carbonyl (C=O) groups is 1.